The van der Waals surface area contributed by atoms with Gasteiger partial charge in [0.2, 0.25) is 5.91 Å². The minimum absolute atomic E-state index is 0.200. The van der Waals surface area contributed by atoms with E-state index in [2.05, 4.69) is 15.0 Å². The van der Waals surface area contributed by atoms with E-state index in [9.17, 15) is 9.59 Å². The number of hydrogen-bond donors (Lipinski definition) is 2. The molecule has 0 aliphatic rings. The SMILES string of the molecule is C[C@@H](c1ccccc1)n1c(=O)[nH]c2ncc(-c3ccc(C(N)=O)cc3)nc21. The first-order valence-electron chi connectivity index (χ1n) is 8.47. The number of nitrogens with zero attached hydrogens (tertiary/aromatic N) is 3. The summed E-state index contributed by atoms with van der Waals surface area (Å²) in [6.07, 6.45) is 1.59. The van der Waals surface area contributed by atoms with Crippen LogP contribution in [-0.2, 0) is 0 Å². The Morgan fingerprint density at radius 2 is 1.81 bits per heavy atom. The Morgan fingerprint density at radius 1 is 1.11 bits per heavy atom. The Balaban J connectivity index is 1.82. The highest BCUT2D eigenvalue weighted by atomic mass is 16.1. The summed E-state index contributed by atoms with van der Waals surface area (Å²) >= 11 is 0. The van der Waals surface area contributed by atoms with Crippen LogP contribution >= 0.6 is 0 Å². The summed E-state index contributed by atoms with van der Waals surface area (Å²) in [7, 11) is 0. The van der Waals surface area contributed by atoms with E-state index in [1.165, 1.54) is 0 Å². The van der Waals surface area contributed by atoms with E-state index >= 15 is 0 Å². The molecule has 0 fully saturated rings. The van der Waals surface area contributed by atoms with Crippen LogP contribution in [0.2, 0.25) is 0 Å². The molecule has 134 valence electrons. The third-order valence-electron chi connectivity index (χ3n) is 4.56. The van der Waals surface area contributed by atoms with Gasteiger partial charge in [-0.25, -0.2) is 14.8 Å². The predicted molar refractivity (Wildman–Crippen MR) is 102 cm³/mol. The molecule has 4 aromatic rings. The molecule has 2 aromatic heterocycles. The van der Waals surface area contributed by atoms with Crippen molar-refractivity contribution in [3.63, 3.8) is 0 Å². The lowest BCUT2D eigenvalue weighted by atomic mass is 10.1. The summed E-state index contributed by atoms with van der Waals surface area (Å²) in [6.45, 7) is 1.94. The number of carbonyl (C=O) groups excluding carboxylic acids is 1. The first kappa shape index (κ1) is 16.7. The van der Waals surface area contributed by atoms with Crippen molar-refractivity contribution in [2.24, 2.45) is 5.73 Å². The zero-order chi connectivity index (χ0) is 19.0. The average Bonchev–Trinajstić information content (AvgIpc) is 3.03. The lowest BCUT2D eigenvalue weighted by Gasteiger charge is -2.13. The molecule has 0 spiro atoms. The summed E-state index contributed by atoms with van der Waals surface area (Å²) in [6, 6.07) is 16.3. The number of aromatic nitrogens is 4. The number of fused-ring (bicyclic) bond motifs is 1. The monoisotopic (exact) mass is 359 g/mol. The fraction of sp³-hybridized carbons (Fsp3) is 0.100. The highest BCUT2D eigenvalue weighted by Gasteiger charge is 2.17. The summed E-state index contributed by atoms with van der Waals surface area (Å²) in [5.74, 6) is -0.487. The van der Waals surface area contributed by atoms with Gasteiger partial charge < -0.3 is 5.73 Å². The Morgan fingerprint density at radius 3 is 2.48 bits per heavy atom. The Labute approximate surface area is 154 Å². The number of benzene rings is 2. The second kappa shape index (κ2) is 6.53. The van der Waals surface area contributed by atoms with Crippen LogP contribution in [0.15, 0.2) is 65.6 Å². The summed E-state index contributed by atoms with van der Waals surface area (Å²) in [5, 5.41) is 0. The van der Waals surface area contributed by atoms with Gasteiger partial charge in [-0.15, -0.1) is 0 Å². The second-order valence-corrected chi connectivity index (χ2v) is 6.26. The molecule has 7 heteroatoms. The van der Waals surface area contributed by atoms with Gasteiger partial charge in [-0.1, -0.05) is 42.5 Å². The molecule has 2 heterocycles. The minimum Gasteiger partial charge on any atom is -0.366 e. The van der Waals surface area contributed by atoms with E-state index < -0.39 is 5.91 Å². The minimum atomic E-state index is -0.487. The van der Waals surface area contributed by atoms with Crippen molar-refractivity contribution in [3.05, 3.63) is 82.4 Å². The molecule has 7 nitrogen and oxygen atoms in total. The summed E-state index contributed by atoms with van der Waals surface area (Å²) in [4.78, 5) is 35.5. The zero-order valence-electron chi connectivity index (χ0n) is 14.6. The molecule has 3 N–H and O–H groups in total. The number of carbonyl (C=O) groups is 1. The molecule has 27 heavy (non-hydrogen) atoms. The molecular formula is C20H17N5O2. The largest absolute Gasteiger partial charge is 0.366 e. The van der Waals surface area contributed by atoms with Crippen LogP contribution < -0.4 is 11.4 Å². The van der Waals surface area contributed by atoms with Crippen molar-refractivity contribution in [2.75, 3.05) is 0 Å². The van der Waals surface area contributed by atoms with Crippen LogP contribution in [0, 0.1) is 0 Å². The highest BCUT2D eigenvalue weighted by molar-refractivity contribution is 5.93. The first-order chi connectivity index (χ1) is 13.0. The van der Waals surface area contributed by atoms with Gasteiger partial charge in [-0.3, -0.25) is 14.3 Å². The maximum Gasteiger partial charge on any atom is 0.329 e. The molecule has 2 aromatic carbocycles. The third-order valence-corrected chi connectivity index (χ3v) is 4.56. The van der Waals surface area contributed by atoms with Gasteiger partial charge in [0.25, 0.3) is 0 Å². The second-order valence-electron chi connectivity index (χ2n) is 6.26. The van der Waals surface area contributed by atoms with Gasteiger partial charge in [-0.05, 0) is 24.6 Å². The lowest BCUT2D eigenvalue weighted by Crippen LogP contribution is -2.21. The Hall–Kier alpha value is -3.74. The van der Waals surface area contributed by atoms with E-state index in [1.54, 1.807) is 35.0 Å². The van der Waals surface area contributed by atoms with Crippen LogP contribution in [0.5, 0.6) is 0 Å². The van der Waals surface area contributed by atoms with Crippen LogP contribution in [0.3, 0.4) is 0 Å². The van der Waals surface area contributed by atoms with Gasteiger partial charge in [-0.2, -0.15) is 0 Å². The summed E-state index contributed by atoms with van der Waals surface area (Å²) < 4.78 is 1.60. The maximum absolute atomic E-state index is 12.5. The average molecular weight is 359 g/mol. The molecule has 0 aliphatic heterocycles. The molecule has 0 bridgehead atoms. The highest BCUT2D eigenvalue weighted by Crippen LogP contribution is 2.22. The fourth-order valence-electron chi connectivity index (χ4n) is 3.08. The van der Waals surface area contributed by atoms with Gasteiger partial charge >= 0.3 is 5.69 Å². The normalized spacial score (nSPS) is 12.2. The van der Waals surface area contributed by atoms with Crippen LogP contribution in [0.4, 0.5) is 0 Å². The quantitative estimate of drug-likeness (QED) is 0.584. The van der Waals surface area contributed by atoms with E-state index in [0.29, 0.717) is 22.6 Å². The van der Waals surface area contributed by atoms with Gasteiger partial charge in [0.15, 0.2) is 11.3 Å². The molecule has 4 rings (SSSR count). The van der Waals surface area contributed by atoms with Crippen molar-refractivity contribution in [1.29, 1.82) is 0 Å². The summed E-state index contributed by atoms with van der Waals surface area (Å²) in [5.41, 5.74) is 8.73. The Bertz CT molecular complexity index is 1180. The van der Waals surface area contributed by atoms with Gasteiger partial charge in [0.1, 0.15) is 0 Å². The van der Waals surface area contributed by atoms with E-state index in [0.717, 1.165) is 11.1 Å². The van der Waals surface area contributed by atoms with E-state index in [4.69, 9.17) is 5.73 Å². The Kier molecular flexibility index (Phi) is 4.04. The molecule has 1 amide bonds. The molecule has 0 unspecified atom stereocenters. The first-order valence-corrected chi connectivity index (χ1v) is 8.47. The maximum atomic E-state index is 12.5. The number of amides is 1. The fourth-order valence-corrected chi connectivity index (χ4v) is 3.08. The molecule has 1 atom stereocenters. The molecule has 0 radical (unpaired) electrons. The molecule has 0 aliphatic carbocycles. The van der Waals surface area contributed by atoms with E-state index in [-0.39, 0.29) is 11.7 Å². The molecule has 0 saturated heterocycles. The number of imidazole rings is 1. The van der Waals surface area contributed by atoms with Crippen LogP contribution in [0.1, 0.15) is 28.9 Å². The number of hydrogen-bond acceptors (Lipinski definition) is 4. The number of nitrogens with two attached hydrogens (primary N) is 1. The standard InChI is InChI=1S/C20H17N5O2/c1-12(13-5-3-2-4-6-13)25-19-18(24-20(25)27)22-11-16(23-19)14-7-9-15(10-8-14)17(21)26/h2-12H,1H3,(H2,21,26)(H,22,24,27)/t12-/m0/s1. The third kappa shape index (κ3) is 2.99. The molecule has 0 saturated carbocycles. The number of H-pyrrole nitrogens is 1. The number of aromatic amines is 1. The van der Waals surface area contributed by atoms with Crippen molar-refractivity contribution >= 4 is 17.2 Å². The van der Waals surface area contributed by atoms with Crippen molar-refractivity contribution in [1.82, 2.24) is 19.5 Å². The molecular weight excluding hydrogens is 342 g/mol. The number of primary amides is 1. The van der Waals surface area contributed by atoms with Gasteiger partial charge in [0, 0.05) is 11.1 Å². The topological polar surface area (TPSA) is 107 Å². The van der Waals surface area contributed by atoms with E-state index in [1.807, 2.05) is 37.3 Å². The predicted octanol–water partition coefficient (Wildman–Crippen LogP) is 2.49. The van der Waals surface area contributed by atoms with Gasteiger partial charge in [0.05, 0.1) is 17.9 Å². The van der Waals surface area contributed by atoms with Crippen LogP contribution in [-0.4, -0.2) is 25.4 Å². The number of rotatable bonds is 4. The van der Waals surface area contributed by atoms with Crippen molar-refractivity contribution in [2.45, 2.75) is 13.0 Å². The lowest BCUT2D eigenvalue weighted by molar-refractivity contribution is 0.100. The van der Waals surface area contributed by atoms with Crippen LogP contribution in [0.25, 0.3) is 22.6 Å². The van der Waals surface area contributed by atoms with Crippen molar-refractivity contribution in [3.8, 4) is 11.3 Å². The van der Waals surface area contributed by atoms with Crippen molar-refractivity contribution < 1.29 is 4.79 Å². The zero-order valence-corrected chi connectivity index (χ0v) is 14.6. The smallest absolute Gasteiger partial charge is 0.329 e. The number of nitrogens with one attached hydrogen (secondary N) is 1.